The highest BCUT2D eigenvalue weighted by atomic mass is 19.3. The van der Waals surface area contributed by atoms with Crippen LogP contribution in [0.15, 0.2) is 30.7 Å². The fourth-order valence-corrected chi connectivity index (χ4v) is 3.93. The smallest absolute Gasteiger partial charge is 0.330 e. The first-order chi connectivity index (χ1) is 14.8. The van der Waals surface area contributed by atoms with Crippen LogP contribution in [0, 0.1) is 11.3 Å². The van der Waals surface area contributed by atoms with E-state index in [-0.39, 0.29) is 23.9 Å². The fourth-order valence-electron chi connectivity index (χ4n) is 3.93. The Labute approximate surface area is 174 Å². The number of alkyl halides is 2. The molecule has 1 aliphatic carbocycles. The summed E-state index contributed by atoms with van der Waals surface area (Å²) in [6.45, 7) is 0.808. The van der Waals surface area contributed by atoms with Gasteiger partial charge in [0.2, 0.25) is 0 Å². The molecule has 31 heavy (non-hydrogen) atoms. The van der Waals surface area contributed by atoms with Crippen molar-refractivity contribution in [3.63, 3.8) is 0 Å². The molecule has 1 saturated heterocycles. The summed E-state index contributed by atoms with van der Waals surface area (Å²) in [4.78, 5) is 41.0. The maximum Gasteiger partial charge on any atom is 0.330 e. The van der Waals surface area contributed by atoms with Gasteiger partial charge in [0.25, 0.3) is 11.8 Å². The molecule has 10 nitrogen and oxygen atoms in total. The molecule has 4 heterocycles. The number of nitriles is 1. The van der Waals surface area contributed by atoms with Crippen LogP contribution in [0.5, 0.6) is 0 Å². The van der Waals surface area contributed by atoms with Crippen LogP contribution in [-0.4, -0.2) is 57.5 Å². The average Bonchev–Trinajstić information content (AvgIpc) is 3.18. The van der Waals surface area contributed by atoms with Crippen LogP contribution in [0.3, 0.4) is 0 Å². The largest absolute Gasteiger partial charge is 0.365 e. The third-order valence-corrected chi connectivity index (χ3v) is 5.66. The second-order valence-electron chi connectivity index (χ2n) is 7.70. The van der Waals surface area contributed by atoms with E-state index in [0.717, 1.165) is 0 Å². The summed E-state index contributed by atoms with van der Waals surface area (Å²) >= 11 is 0. The van der Waals surface area contributed by atoms with Gasteiger partial charge < -0.3 is 10.2 Å². The first-order valence-corrected chi connectivity index (χ1v) is 9.56. The number of rotatable bonds is 3. The number of halogens is 2. The Kier molecular flexibility index (Phi) is 4.04. The van der Waals surface area contributed by atoms with E-state index in [2.05, 4.69) is 31.7 Å². The van der Waals surface area contributed by atoms with Gasteiger partial charge in [-0.25, -0.2) is 23.5 Å². The molecular weight excluding hydrogens is 410 g/mol. The Balaban J connectivity index is 1.51. The van der Waals surface area contributed by atoms with Gasteiger partial charge in [-0.1, -0.05) is 0 Å². The summed E-state index contributed by atoms with van der Waals surface area (Å²) in [5.41, 5.74) is -0.731. The molecule has 2 aliphatic heterocycles. The highest BCUT2D eigenvalue weighted by molar-refractivity contribution is 6.06. The lowest BCUT2D eigenvalue weighted by atomic mass is 9.96. The van der Waals surface area contributed by atoms with Crippen LogP contribution >= 0.6 is 0 Å². The fraction of sp³-hybridized carbons (Fsp3) is 0.368. The Morgan fingerprint density at radius 3 is 2.77 bits per heavy atom. The lowest BCUT2D eigenvalue weighted by molar-refractivity contribution is 0.0845. The van der Waals surface area contributed by atoms with Crippen molar-refractivity contribution >= 4 is 29.3 Å². The van der Waals surface area contributed by atoms with Crippen molar-refractivity contribution in [3.8, 4) is 6.07 Å². The lowest BCUT2D eigenvalue weighted by Gasteiger charge is -2.40. The number of fused-ring (bicyclic) bond motifs is 4. The van der Waals surface area contributed by atoms with Gasteiger partial charge in [0, 0.05) is 31.8 Å². The van der Waals surface area contributed by atoms with E-state index in [0.29, 0.717) is 18.7 Å². The molecule has 2 atom stereocenters. The lowest BCUT2D eigenvalue weighted by Crippen LogP contribution is -2.57. The van der Waals surface area contributed by atoms with Crippen LogP contribution in [0.4, 0.5) is 30.9 Å². The SMILES string of the molecule is N#CC12CCN(C1)c1ccc(C(=O)NC3CC3(F)F)nc1N2C(=O)Nc1cnccn1. The van der Waals surface area contributed by atoms with E-state index >= 15 is 0 Å². The van der Waals surface area contributed by atoms with Crippen molar-refractivity contribution in [2.24, 2.45) is 0 Å². The van der Waals surface area contributed by atoms with E-state index in [4.69, 9.17) is 0 Å². The zero-order valence-corrected chi connectivity index (χ0v) is 16.0. The summed E-state index contributed by atoms with van der Waals surface area (Å²) in [6.07, 6.45) is 4.18. The Morgan fingerprint density at radius 1 is 1.29 bits per heavy atom. The Bertz CT molecular complexity index is 1120. The molecule has 3 aliphatic rings. The maximum absolute atomic E-state index is 13.2. The van der Waals surface area contributed by atoms with Gasteiger partial charge in [0.1, 0.15) is 5.69 Å². The molecule has 2 fully saturated rings. The van der Waals surface area contributed by atoms with Gasteiger partial charge in [-0.3, -0.25) is 20.0 Å². The van der Waals surface area contributed by atoms with Gasteiger partial charge in [-0.15, -0.1) is 0 Å². The second-order valence-corrected chi connectivity index (χ2v) is 7.70. The van der Waals surface area contributed by atoms with Gasteiger partial charge in [0.15, 0.2) is 17.2 Å². The minimum absolute atomic E-state index is 0.113. The molecule has 3 amide bonds. The van der Waals surface area contributed by atoms with Gasteiger partial charge >= 0.3 is 6.03 Å². The number of pyridine rings is 1. The van der Waals surface area contributed by atoms with Gasteiger partial charge in [-0.05, 0) is 12.1 Å². The average molecular weight is 426 g/mol. The van der Waals surface area contributed by atoms with Crippen molar-refractivity contribution in [1.29, 1.82) is 5.26 Å². The van der Waals surface area contributed by atoms with Crippen molar-refractivity contribution in [2.45, 2.75) is 30.3 Å². The highest BCUT2D eigenvalue weighted by Crippen LogP contribution is 2.45. The normalized spacial score (nSPS) is 24.7. The number of urea groups is 1. The number of amides is 3. The summed E-state index contributed by atoms with van der Waals surface area (Å²) in [5, 5.41) is 14.8. The minimum Gasteiger partial charge on any atom is -0.365 e. The molecule has 2 aromatic rings. The number of aromatic nitrogens is 3. The molecule has 5 rings (SSSR count). The topological polar surface area (TPSA) is 127 Å². The maximum atomic E-state index is 13.2. The Morgan fingerprint density at radius 2 is 2.10 bits per heavy atom. The quantitative estimate of drug-likeness (QED) is 0.762. The van der Waals surface area contributed by atoms with Gasteiger partial charge in [0.05, 0.1) is 30.5 Å². The minimum atomic E-state index is -2.91. The molecule has 0 spiro atoms. The molecule has 0 radical (unpaired) electrons. The predicted molar refractivity (Wildman–Crippen MR) is 104 cm³/mol. The third-order valence-electron chi connectivity index (χ3n) is 5.66. The van der Waals surface area contributed by atoms with E-state index < -0.39 is 35.9 Å². The van der Waals surface area contributed by atoms with E-state index in [1.54, 1.807) is 6.07 Å². The zero-order valence-electron chi connectivity index (χ0n) is 16.0. The summed E-state index contributed by atoms with van der Waals surface area (Å²) in [6, 6.07) is 3.37. The first kappa shape index (κ1) is 19.1. The molecular formula is C19H16F2N8O2. The molecule has 158 valence electrons. The molecule has 0 aromatic carbocycles. The number of carbonyl (C=O) groups excluding carboxylic acids is 2. The monoisotopic (exact) mass is 426 g/mol. The summed E-state index contributed by atoms with van der Waals surface area (Å²) in [5.74, 6) is -3.38. The van der Waals surface area contributed by atoms with E-state index in [1.165, 1.54) is 29.6 Å². The first-order valence-electron chi connectivity index (χ1n) is 9.56. The molecule has 2 bridgehead atoms. The molecule has 1 saturated carbocycles. The van der Waals surface area contributed by atoms with Crippen molar-refractivity contribution in [1.82, 2.24) is 20.3 Å². The van der Waals surface area contributed by atoms with Crippen molar-refractivity contribution in [2.75, 3.05) is 28.2 Å². The zero-order chi connectivity index (χ0) is 21.8. The Hall–Kier alpha value is -3.88. The number of hydrogen-bond acceptors (Lipinski definition) is 7. The van der Waals surface area contributed by atoms with Crippen molar-refractivity contribution in [3.05, 3.63) is 36.4 Å². The number of anilines is 3. The predicted octanol–water partition coefficient (Wildman–Crippen LogP) is 1.53. The van der Waals surface area contributed by atoms with Crippen LogP contribution in [0.2, 0.25) is 0 Å². The van der Waals surface area contributed by atoms with Crippen molar-refractivity contribution < 1.29 is 18.4 Å². The molecule has 12 heteroatoms. The van der Waals surface area contributed by atoms with E-state index in [9.17, 15) is 23.6 Å². The van der Waals surface area contributed by atoms with Crippen LogP contribution in [-0.2, 0) is 0 Å². The third kappa shape index (κ3) is 3.09. The summed E-state index contributed by atoms with van der Waals surface area (Å²) in [7, 11) is 0. The molecule has 2 unspecified atom stereocenters. The van der Waals surface area contributed by atoms with E-state index in [1.807, 2.05) is 4.90 Å². The summed E-state index contributed by atoms with van der Waals surface area (Å²) < 4.78 is 26.4. The molecule has 2 N–H and O–H groups in total. The highest BCUT2D eigenvalue weighted by Gasteiger charge is 2.58. The number of hydrogen-bond donors (Lipinski definition) is 2. The van der Waals surface area contributed by atoms with Crippen LogP contribution in [0.25, 0.3) is 0 Å². The number of nitrogens with one attached hydrogen (secondary N) is 2. The second kappa shape index (κ2) is 6.56. The standard InChI is InChI=1S/C19H16F2N8O2/c20-19(21)7-13(19)26-16(30)11-1-2-12-15(25-11)29(18(9-22)3-6-28(12)10-18)17(31)27-14-8-23-4-5-24-14/h1-2,4-5,8,13H,3,6-7,10H2,(H,26,30)(H,24,27,31). The number of nitrogens with zero attached hydrogens (tertiary/aromatic N) is 6. The van der Waals surface area contributed by atoms with Crippen LogP contribution in [0.1, 0.15) is 23.3 Å². The molecule has 2 aromatic heterocycles. The number of carbonyl (C=O) groups is 2. The van der Waals surface area contributed by atoms with Crippen LogP contribution < -0.4 is 20.4 Å². The van der Waals surface area contributed by atoms with Gasteiger partial charge in [-0.2, -0.15) is 5.26 Å².